The van der Waals surface area contributed by atoms with Crippen LogP contribution in [0.5, 0.6) is 0 Å². The molecule has 0 saturated heterocycles. The number of nitrogens with zero attached hydrogens (tertiary/aromatic N) is 2. The number of thiocarbonyl (C=S) groups is 2. The molecule has 22 heavy (non-hydrogen) atoms. The molecule has 0 saturated carbocycles. The van der Waals surface area contributed by atoms with Gasteiger partial charge in [-0.05, 0) is 26.7 Å². The van der Waals surface area contributed by atoms with Crippen LogP contribution in [0.3, 0.4) is 0 Å². The first kappa shape index (κ1) is 31.5. The topological polar surface area (TPSA) is 6.48 Å². The van der Waals surface area contributed by atoms with Crippen molar-refractivity contribution >= 4 is 58.3 Å². The molecule has 0 bridgehead atoms. The quantitative estimate of drug-likeness (QED) is 0.316. The molecule has 0 aromatic heterocycles. The first-order valence-electron chi connectivity index (χ1n) is 7.36. The fourth-order valence-corrected chi connectivity index (χ4v) is 2.36. The maximum absolute atomic E-state index is 4.98. The SMILES string of the molecule is CCCCN(CCCC)C(=S)[S-].CCN(CC)C(=S)[S-].[Na+].[Ni+2]. The van der Waals surface area contributed by atoms with Crippen LogP contribution in [0.4, 0.5) is 0 Å². The number of unbranched alkanes of at least 4 members (excludes halogenated alkanes) is 2. The van der Waals surface area contributed by atoms with Crippen molar-refractivity contribution in [2.75, 3.05) is 26.2 Å². The van der Waals surface area contributed by atoms with E-state index in [0.29, 0.717) is 8.64 Å². The molecule has 128 valence electrons. The summed E-state index contributed by atoms with van der Waals surface area (Å²) in [6, 6.07) is 0. The molecule has 0 aliphatic rings. The normalized spacial score (nSPS) is 8.55. The van der Waals surface area contributed by atoms with E-state index >= 15 is 0 Å². The maximum Gasteiger partial charge on any atom is 2.00 e. The van der Waals surface area contributed by atoms with Gasteiger partial charge in [-0.2, -0.15) is 0 Å². The van der Waals surface area contributed by atoms with Gasteiger partial charge in [0, 0.05) is 26.2 Å². The molecule has 0 rings (SSSR count). The van der Waals surface area contributed by atoms with Crippen molar-refractivity contribution in [1.29, 1.82) is 0 Å². The fraction of sp³-hybridized carbons (Fsp3) is 0.857. The monoisotopic (exact) mass is 433 g/mol. The van der Waals surface area contributed by atoms with Gasteiger partial charge in [-0.1, -0.05) is 35.3 Å². The first-order chi connectivity index (χ1) is 9.44. The van der Waals surface area contributed by atoms with E-state index in [-0.39, 0.29) is 46.0 Å². The molecule has 2 nitrogen and oxygen atoms in total. The van der Waals surface area contributed by atoms with E-state index in [9.17, 15) is 0 Å². The molecule has 8 heteroatoms. The molecule has 0 radical (unpaired) electrons. The Morgan fingerprint density at radius 2 is 1.09 bits per heavy atom. The summed E-state index contributed by atoms with van der Waals surface area (Å²) in [7, 11) is 0. The van der Waals surface area contributed by atoms with Crippen LogP contribution >= 0.6 is 24.4 Å². The minimum Gasteiger partial charge on any atom is -0.411 e. The molecule has 0 aromatic carbocycles. The third-order valence-electron chi connectivity index (χ3n) is 2.84. The van der Waals surface area contributed by atoms with Crippen molar-refractivity contribution in [3.05, 3.63) is 0 Å². The second-order valence-corrected chi connectivity index (χ2v) is 6.46. The van der Waals surface area contributed by atoms with Gasteiger partial charge < -0.3 is 59.5 Å². The van der Waals surface area contributed by atoms with Crippen LogP contribution in [0.15, 0.2) is 0 Å². The number of rotatable bonds is 8. The maximum atomic E-state index is 4.98. The van der Waals surface area contributed by atoms with Crippen LogP contribution in [0.25, 0.3) is 0 Å². The Bertz CT molecular complexity index is 259. The third-order valence-corrected chi connectivity index (χ3v) is 3.88. The van der Waals surface area contributed by atoms with Crippen LogP contribution in [0, 0.1) is 0 Å². The average molecular weight is 434 g/mol. The Morgan fingerprint density at radius 1 is 0.773 bits per heavy atom. The van der Waals surface area contributed by atoms with Gasteiger partial charge in [0.15, 0.2) is 0 Å². The van der Waals surface area contributed by atoms with E-state index in [1.54, 1.807) is 0 Å². The zero-order valence-corrected chi connectivity index (χ0v) is 20.8. The molecule has 0 amide bonds. The summed E-state index contributed by atoms with van der Waals surface area (Å²) < 4.78 is 1.21. The van der Waals surface area contributed by atoms with E-state index in [4.69, 9.17) is 49.7 Å². The molecular weight excluding hydrogens is 406 g/mol. The van der Waals surface area contributed by atoms with Crippen LogP contribution in [0.2, 0.25) is 0 Å². The van der Waals surface area contributed by atoms with E-state index in [1.807, 2.05) is 18.7 Å². The molecule has 0 N–H and O–H groups in total. The molecule has 0 aromatic rings. The fourth-order valence-electron chi connectivity index (χ4n) is 1.47. The smallest absolute Gasteiger partial charge is 0.411 e. The van der Waals surface area contributed by atoms with Crippen molar-refractivity contribution in [3.63, 3.8) is 0 Å². The predicted molar refractivity (Wildman–Crippen MR) is 104 cm³/mol. The van der Waals surface area contributed by atoms with E-state index < -0.39 is 0 Å². The van der Waals surface area contributed by atoms with Gasteiger partial charge in [0.25, 0.3) is 0 Å². The minimum absolute atomic E-state index is 0. The third kappa shape index (κ3) is 19.8. The minimum atomic E-state index is 0. The van der Waals surface area contributed by atoms with Crippen molar-refractivity contribution in [1.82, 2.24) is 9.80 Å². The Kier molecular flexibility index (Phi) is 32.5. The molecule has 0 aliphatic heterocycles. The summed E-state index contributed by atoms with van der Waals surface area (Å²) in [6.45, 7) is 12.4. The van der Waals surface area contributed by atoms with Gasteiger partial charge in [-0.25, -0.2) is 0 Å². The van der Waals surface area contributed by atoms with Crippen molar-refractivity contribution in [3.8, 4) is 0 Å². The van der Waals surface area contributed by atoms with Gasteiger partial charge in [0.2, 0.25) is 0 Å². The standard InChI is InChI=1S/C9H19NS2.C5H11NS2.Na.Ni/c1-3-5-7-10(9(11)12)8-6-4-2;1-3-6(4-2)5(7)8;;/h3-8H2,1-2H3,(H,11,12);3-4H2,1-2H3,(H,7,8);;/q;;+1;+2/p-2. The molecule has 0 unspecified atom stereocenters. The summed E-state index contributed by atoms with van der Waals surface area (Å²) in [5, 5.41) is 0. The molecule has 0 atom stereocenters. The molecule has 0 fully saturated rings. The second-order valence-electron chi connectivity index (χ2n) is 4.40. The Morgan fingerprint density at radius 3 is 1.23 bits per heavy atom. The van der Waals surface area contributed by atoms with Crippen LogP contribution in [0.1, 0.15) is 53.4 Å². The van der Waals surface area contributed by atoms with Crippen molar-refractivity contribution in [2.45, 2.75) is 53.4 Å². The number of hydrogen-bond acceptors (Lipinski definition) is 4. The van der Waals surface area contributed by atoms with Crippen molar-refractivity contribution < 1.29 is 46.0 Å². The van der Waals surface area contributed by atoms with E-state index in [2.05, 4.69) is 18.7 Å². The van der Waals surface area contributed by atoms with E-state index in [0.717, 1.165) is 26.2 Å². The van der Waals surface area contributed by atoms with Gasteiger partial charge >= 0.3 is 46.0 Å². The molecule has 0 spiro atoms. The van der Waals surface area contributed by atoms with Gasteiger partial charge in [-0.3, -0.25) is 0 Å². The van der Waals surface area contributed by atoms with E-state index in [1.165, 1.54) is 25.7 Å². The zero-order chi connectivity index (χ0) is 16.0. The predicted octanol–water partition coefficient (Wildman–Crippen LogP) is 0.882. The van der Waals surface area contributed by atoms with Crippen LogP contribution in [-0.4, -0.2) is 44.6 Å². The van der Waals surface area contributed by atoms with Gasteiger partial charge in [-0.15, -0.1) is 0 Å². The summed E-state index contributed by atoms with van der Waals surface area (Å²) in [6.07, 6.45) is 4.81. The Hall–Kier alpha value is 1.71. The average Bonchev–Trinajstić information content (AvgIpc) is 2.40. The number of hydrogen-bond donors (Lipinski definition) is 0. The molecular formula is C14H28N2NaNiS4+. The first-order valence-corrected chi connectivity index (χ1v) is 8.99. The molecule has 0 heterocycles. The largest absolute Gasteiger partial charge is 2.00 e. The summed E-state index contributed by atoms with van der Waals surface area (Å²) in [5.41, 5.74) is 0. The summed E-state index contributed by atoms with van der Waals surface area (Å²) in [5.74, 6) is 0. The molecule has 0 aliphatic carbocycles. The van der Waals surface area contributed by atoms with Crippen LogP contribution < -0.4 is 29.6 Å². The van der Waals surface area contributed by atoms with Crippen LogP contribution in [-0.2, 0) is 41.7 Å². The van der Waals surface area contributed by atoms with Gasteiger partial charge in [0.1, 0.15) is 0 Å². The zero-order valence-electron chi connectivity index (χ0n) is 14.5. The second kappa shape index (κ2) is 22.7. The van der Waals surface area contributed by atoms with Gasteiger partial charge in [0.05, 0.1) is 0 Å². The summed E-state index contributed by atoms with van der Waals surface area (Å²) in [4.78, 5) is 4.10. The van der Waals surface area contributed by atoms with Crippen molar-refractivity contribution in [2.24, 2.45) is 0 Å². The Labute approximate surface area is 191 Å². The summed E-state index contributed by atoms with van der Waals surface area (Å²) >= 11 is 19.5. The Balaban J connectivity index is -0.000000144.